The first-order chi connectivity index (χ1) is 8.49. The Morgan fingerprint density at radius 3 is 2.78 bits per heavy atom. The summed E-state index contributed by atoms with van der Waals surface area (Å²) in [7, 11) is 0. The van der Waals surface area contributed by atoms with Crippen molar-refractivity contribution in [3.63, 3.8) is 0 Å². The van der Waals surface area contributed by atoms with Crippen LogP contribution in [-0.2, 0) is 6.42 Å². The minimum Gasteiger partial charge on any atom is -0.314 e. The lowest BCUT2D eigenvalue weighted by atomic mass is 10.1. The molecule has 0 aliphatic carbocycles. The van der Waals surface area contributed by atoms with Gasteiger partial charge in [-0.15, -0.1) is 0 Å². The Hall–Kier alpha value is -1.02. The van der Waals surface area contributed by atoms with E-state index in [1.54, 1.807) is 12.1 Å². The van der Waals surface area contributed by atoms with Crippen molar-refractivity contribution >= 4 is 16.3 Å². The van der Waals surface area contributed by atoms with Crippen LogP contribution >= 0.6 is 11.3 Å². The molecule has 1 fully saturated rings. The summed E-state index contributed by atoms with van der Waals surface area (Å²) in [4.78, 5) is 13.5. The molecule has 1 aliphatic rings. The topological polar surface area (TPSA) is 84.4 Å². The molecule has 0 aromatic carbocycles. The van der Waals surface area contributed by atoms with Crippen molar-refractivity contribution in [3.05, 3.63) is 27.1 Å². The third-order valence-corrected chi connectivity index (χ3v) is 4.24. The number of nitro groups is 1. The highest BCUT2D eigenvalue weighted by Crippen LogP contribution is 2.27. The minimum atomic E-state index is -0.444. The van der Waals surface area contributed by atoms with Crippen LogP contribution in [0.2, 0.25) is 0 Å². The van der Waals surface area contributed by atoms with E-state index in [2.05, 4.69) is 10.2 Å². The lowest BCUT2D eigenvalue weighted by Crippen LogP contribution is -2.60. The Morgan fingerprint density at radius 1 is 1.56 bits per heavy atom. The SMILES string of the molecule is CC(N)(Cc1ccc([N+](=O)[O-])s1)N1CCNCC1. The first-order valence-corrected chi connectivity index (χ1v) is 6.78. The molecule has 0 amide bonds. The molecule has 6 nitrogen and oxygen atoms in total. The Bertz CT molecular complexity index is 426. The van der Waals surface area contributed by atoms with Gasteiger partial charge in [0.1, 0.15) is 0 Å². The summed E-state index contributed by atoms with van der Waals surface area (Å²) in [5.41, 5.74) is 5.90. The zero-order valence-electron chi connectivity index (χ0n) is 10.4. The summed E-state index contributed by atoms with van der Waals surface area (Å²) in [5, 5.41) is 14.1. The predicted molar refractivity (Wildman–Crippen MR) is 71.7 cm³/mol. The molecule has 0 bridgehead atoms. The van der Waals surface area contributed by atoms with Crippen LogP contribution in [0.1, 0.15) is 11.8 Å². The third-order valence-electron chi connectivity index (χ3n) is 3.20. The van der Waals surface area contributed by atoms with E-state index in [4.69, 9.17) is 5.73 Å². The van der Waals surface area contributed by atoms with Gasteiger partial charge in [0.15, 0.2) is 0 Å². The van der Waals surface area contributed by atoms with Crippen LogP contribution < -0.4 is 11.1 Å². The molecule has 100 valence electrons. The number of rotatable bonds is 4. The van der Waals surface area contributed by atoms with E-state index >= 15 is 0 Å². The predicted octanol–water partition coefficient (Wildman–Crippen LogP) is 0.779. The van der Waals surface area contributed by atoms with E-state index in [9.17, 15) is 10.1 Å². The van der Waals surface area contributed by atoms with E-state index in [0.717, 1.165) is 31.1 Å². The summed E-state index contributed by atoms with van der Waals surface area (Å²) >= 11 is 1.21. The van der Waals surface area contributed by atoms with Gasteiger partial charge in [0.25, 0.3) is 0 Å². The summed E-state index contributed by atoms with van der Waals surface area (Å²) in [5.74, 6) is 0. The van der Waals surface area contributed by atoms with Crippen LogP contribution in [0.3, 0.4) is 0 Å². The number of nitrogens with one attached hydrogen (secondary N) is 1. The van der Waals surface area contributed by atoms with Crippen molar-refractivity contribution in [1.29, 1.82) is 0 Å². The van der Waals surface area contributed by atoms with E-state index in [-0.39, 0.29) is 9.92 Å². The molecular weight excluding hydrogens is 252 g/mol. The molecule has 0 spiro atoms. The molecule has 1 aliphatic heterocycles. The zero-order chi connectivity index (χ0) is 13.2. The average Bonchev–Trinajstić information content (AvgIpc) is 2.78. The van der Waals surface area contributed by atoms with Crippen molar-refractivity contribution < 1.29 is 4.92 Å². The maximum atomic E-state index is 10.6. The highest BCUT2D eigenvalue weighted by Gasteiger charge is 2.29. The smallest absolute Gasteiger partial charge is 0.314 e. The summed E-state index contributed by atoms with van der Waals surface area (Å²) in [6.45, 7) is 5.71. The summed E-state index contributed by atoms with van der Waals surface area (Å²) in [6, 6.07) is 3.35. The van der Waals surface area contributed by atoms with Crippen LogP contribution in [0.5, 0.6) is 0 Å². The van der Waals surface area contributed by atoms with Crippen molar-refractivity contribution in [2.75, 3.05) is 26.2 Å². The molecule has 0 radical (unpaired) electrons. The molecule has 3 N–H and O–H groups in total. The first kappa shape index (κ1) is 13.4. The van der Waals surface area contributed by atoms with Gasteiger partial charge in [-0.2, -0.15) is 0 Å². The summed E-state index contributed by atoms with van der Waals surface area (Å²) in [6.07, 6.45) is 0.644. The van der Waals surface area contributed by atoms with E-state index < -0.39 is 5.66 Å². The van der Waals surface area contributed by atoms with Gasteiger partial charge in [-0.25, -0.2) is 0 Å². The number of piperazine rings is 1. The van der Waals surface area contributed by atoms with E-state index in [0.29, 0.717) is 6.42 Å². The van der Waals surface area contributed by atoms with Crippen molar-refractivity contribution in [3.8, 4) is 0 Å². The van der Waals surface area contributed by atoms with Gasteiger partial charge in [0, 0.05) is 43.5 Å². The molecule has 1 unspecified atom stereocenters. The Kier molecular flexibility index (Phi) is 3.96. The molecule has 0 saturated carbocycles. The fraction of sp³-hybridized carbons (Fsp3) is 0.636. The maximum Gasteiger partial charge on any atom is 0.324 e. The minimum absolute atomic E-state index is 0.182. The first-order valence-electron chi connectivity index (χ1n) is 5.97. The van der Waals surface area contributed by atoms with Crippen LogP contribution in [0.15, 0.2) is 12.1 Å². The average molecular weight is 270 g/mol. The highest BCUT2D eigenvalue weighted by molar-refractivity contribution is 7.15. The zero-order valence-corrected chi connectivity index (χ0v) is 11.2. The number of hydrogen-bond donors (Lipinski definition) is 2. The second-order valence-corrected chi connectivity index (χ2v) is 5.91. The van der Waals surface area contributed by atoms with Gasteiger partial charge in [-0.05, 0) is 13.0 Å². The van der Waals surface area contributed by atoms with Gasteiger partial charge in [-0.3, -0.25) is 15.0 Å². The van der Waals surface area contributed by atoms with E-state index in [1.165, 1.54) is 11.3 Å². The molecular formula is C11H18N4O2S. The maximum absolute atomic E-state index is 10.6. The monoisotopic (exact) mass is 270 g/mol. The van der Waals surface area contributed by atoms with Gasteiger partial charge < -0.3 is 11.1 Å². The van der Waals surface area contributed by atoms with Crippen molar-refractivity contribution in [2.45, 2.75) is 19.0 Å². The molecule has 2 rings (SSSR count). The molecule has 2 heterocycles. The molecule has 1 aromatic heterocycles. The Balaban J connectivity index is 2.03. The lowest BCUT2D eigenvalue weighted by molar-refractivity contribution is -0.380. The summed E-state index contributed by atoms with van der Waals surface area (Å²) < 4.78 is 0. The molecule has 1 saturated heterocycles. The van der Waals surface area contributed by atoms with Crippen LogP contribution in [0.4, 0.5) is 5.00 Å². The van der Waals surface area contributed by atoms with Gasteiger partial charge in [0.05, 0.1) is 10.6 Å². The number of thiophene rings is 1. The third kappa shape index (κ3) is 3.05. The Morgan fingerprint density at radius 2 is 2.22 bits per heavy atom. The second kappa shape index (κ2) is 5.31. The Labute approximate surface area is 110 Å². The van der Waals surface area contributed by atoms with Crippen LogP contribution in [-0.4, -0.2) is 41.7 Å². The quantitative estimate of drug-likeness (QED) is 0.624. The standard InChI is InChI=1S/C11H18N4O2S/c1-11(12,14-6-4-13-5-7-14)8-9-2-3-10(18-9)15(16)17/h2-3,13H,4-8,12H2,1H3. The van der Waals surface area contributed by atoms with Gasteiger partial charge in [0.2, 0.25) is 0 Å². The molecule has 7 heteroatoms. The van der Waals surface area contributed by atoms with Gasteiger partial charge in [-0.1, -0.05) is 11.3 Å². The number of nitrogens with two attached hydrogens (primary N) is 1. The fourth-order valence-electron chi connectivity index (χ4n) is 2.20. The molecule has 18 heavy (non-hydrogen) atoms. The van der Waals surface area contributed by atoms with Crippen LogP contribution in [0.25, 0.3) is 0 Å². The number of nitrogens with zero attached hydrogens (tertiary/aromatic N) is 2. The van der Waals surface area contributed by atoms with E-state index in [1.807, 2.05) is 6.92 Å². The normalized spacial score (nSPS) is 20.6. The molecule has 1 atom stereocenters. The van der Waals surface area contributed by atoms with Crippen LogP contribution in [0, 0.1) is 10.1 Å². The second-order valence-electron chi connectivity index (χ2n) is 4.77. The number of hydrogen-bond acceptors (Lipinski definition) is 6. The fourth-order valence-corrected chi connectivity index (χ4v) is 3.18. The highest BCUT2D eigenvalue weighted by atomic mass is 32.1. The van der Waals surface area contributed by atoms with Crippen molar-refractivity contribution in [2.24, 2.45) is 5.73 Å². The largest absolute Gasteiger partial charge is 0.324 e. The van der Waals surface area contributed by atoms with Gasteiger partial charge >= 0.3 is 5.00 Å². The van der Waals surface area contributed by atoms with Crippen molar-refractivity contribution in [1.82, 2.24) is 10.2 Å². The molecule has 1 aromatic rings. The lowest BCUT2D eigenvalue weighted by Gasteiger charge is -2.40.